The molecule has 1 heterocycles. The van der Waals surface area contributed by atoms with Gasteiger partial charge in [-0.1, -0.05) is 23.7 Å². The quantitative estimate of drug-likeness (QED) is 0.373. The molecule has 8 heteroatoms. The van der Waals surface area contributed by atoms with Crippen LogP contribution >= 0.6 is 46.9 Å². The van der Waals surface area contributed by atoms with E-state index >= 15 is 0 Å². The number of nitrogens with zero attached hydrogens (tertiary/aromatic N) is 3. The van der Waals surface area contributed by atoms with Crippen LogP contribution in [0.3, 0.4) is 0 Å². The van der Waals surface area contributed by atoms with Gasteiger partial charge in [-0.3, -0.25) is 4.99 Å². The molecule has 25 heavy (non-hydrogen) atoms. The number of aliphatic imine (C=N–C) groups is 1. The summed E-state index contributed by atoms with van der Waals surface area (Å²) in [4.78, 5) is 10.9. The Hall–Kier alpha value is -0.900. The number of guanidine groups is 1. The Labute approximate surface area is 175 Å². The molecule has 1 atom stereocenters. The van der Waals surface area contributed by atoms with Gasteiger partial charge in [0.2, 0.25) is 0 Å². The zero-order chi connectivity index (χ0) is 17.5. The molecule has 2 rings (SSSR count). The highest BCUT2D eigenvalue weighted by Gasteiger charge is 2.14. The molecule has 1 aromatic carbocycles. The minimum absolute atomic E-state index is 0. The fourth-order valence-electron chi connectivity index (χ4n) is 2.41. The van der Waals surface area contributed by atoms with Gasteiger partial charge in [-0.15, -0.1) is 35.3 Å². The molecule has 138 valence electrons. The van der Waals surface area contributed by atoms with Crippen molar-refractivity contribution in [2.45, 2.75) is 19.6 Å². The second kappa shape index (κ2) is 10.9. The molecule has 0 saturated heterocycles. The number of thiazole rings is 1. The summed E-state index contributed by atoms with van der Waals surface area (Å²) in [5, 5.41) is 7.20. The molecule has 2 aromatic rings. The van der Waals surface area contributed by atoms with Crippen LogP contribution in [0.15, 0.2) is 34.6 Å². The number of aryl methyl sites for hydroxylation is 1. The van der Waals surface area contributed by atoms with Crippen molar-refractivity contribution >= 4 is 52.9 Å². The van der Waals surface area contributed by atoms with Crippen molar-refractivity contribution in [3.8, 4) is 0 Å². The van der Waals surface area contributed by atoms with E-state index in [9.17, 15) is 0 Å². The van der Waals surface area contributed by atoms with Gasteiger partial charge in [0, 0.05) is 38.2 Å². The average Bonchev–Trinajstić information content (AvgIpc) is 2.96. The minimum atomic E-state index is -0.102. The van der Waals surface area contributed by atoms with E-state index in [1.807, 2.05) is 43.1 Å². The van der Waals surface area contributed by atoms with Gasteiger partial charge in [0.15, 0.2) is 5.96 Å². The van der Waals surface area contributed by atoms with E-state index in [4.69, 9.17) is 16.3 Å². The molecule has 0 amide bonds. The van der Waals surface area contributed by atoms with E-state index in [2.05, 4.69) is 20.7 Å². The molecular weight excluding hydrogens is 471 g/mol. The lowest BCUT2D eigenvalue weighted by Gasteiger charge is -2.24. The summed E-state index contributed by atoms with van der Waals surface area (Å²) in [6, 6.07) is 7.71. The third-order valence-electron chi connectivity index (χ3n) is 3.59. The van der Waals surface area contributed by atoms with Crippen LogP contribution in [0.5, 0.6) is 0 Å². The molecule has 0 radical (unpaired) electrons. The van der Waals surface area contributed by atoms with Gasteiger partial charge in [0.25, 0.3) is 0 Å². The molecule has 5 nitrogen and oxygen atoms in total. The van der Waals surface area contributed by atoms with E-state index in [0.717, 1.165) is 22.2 Å². The summed E-state index contributed by atoms with van der Waals surface area (Å²) >= 11 is 7.72. The predicted molar refractivity (Wildman–Crippen MR) is 116 cm³/mol. The molecule has 1 aromatic heterocycles. The van der Waals surface area contributed by atoms with E-state index in [0.29, 0.717) is 18.1 Å². The molecule has 0 aliphatic heterocycles. The molecule has 0 bridgehead atoms. The van der Waals surface area contributed by atoms with Crippen LogP contribution in [0, 0.1) is 6.92 Å². The number of halogens is 2. The second-order valence-corrected chi connectivity index (χ2v) is 6.92. The van der Waals surface area contributed by atoms with Gasteiger partial charge in [-0.25, -0.2) is 4.98 Å². The van der Waals surface area contributed by atoms with Gasteiger partial charge in [0.1, 0.15) is 0 Å². The van der Waals surface area contributed by atoms with Crippen LogP contribution in [0.25, 0.3) is 0 Å². The number of hydrogen-bond acceptors (Lipinski definition) is 4. The molecule has 0 fully saturated rings. The van der Waals surface area contributed by atoms with Gasteiger partial charge >= 0.3 is 0 Å². The van der Waals surface area contributed by atoms with Crippen LogP contribution in [-0.4, -0.2) is 43.6 Å². The van der Waals surface area contributed by atoms with Crippen LogP contribution in [-0.2, 0) is 11.3 Å². The summed E-state index contributed by atoms with van der Waals surface area (Å²) in [5.74, 6) is 0.796. The van der Waals surface area contributed by atoms with Crippen molar-refractivity contribution in [3.63, 3.8) is 0 Å². The van der Waals surface area contributed by atoms with Crippen molar-refractivity contribution in [1.82, 2.24) is 15.2 Å². The lowest BCUT2D eigenvalue weighted by Crippen LogP contribution is -2.40. The zero-order valence-electron chi connectivity index (χ0n) is 14.8. The second-order valence-electron chi connectivity index (χ2n) is 5.42. The number of ether oxygens (including phenoxy) is 1. The first kappa shape index (κ1) is 22.1. The summed E-state index contributed by atoms with van der Waals surface area (Å²) in [6.07, 6.45) is -0.102. The minimum Gasteiger partial charge on any atom is -0.375 e. The number of benzene rings is 1. The standard InChI is InChI=1S/C17H23ClN4OS.HI/c1-12-21-15(11-24-12)10-22(3)17(19-2)20-9-16(23-4)13-6-5-7-14(18)8-13;/h5-8,11,16H,9-10H2,1-4H3,(H,19,20);1H. The largest absolute Gasteiger partial charge is 0.375 e. The molecule has 1 N–H and O–H groups in total. The molecule has 0 aliphatic carbocycles. The Morgan fingerprint density at radius 2 is 2.24 bits per heavy atom. The highest BCUT2D eigenvalue weighted by atomic mass is 127. The van der Waals surface area contributed by atoms with Crippen molar-refractivity contribution in [3.05, 3.63) is 50.9 Å². The number of methoxy groups -OCH3 is 1. The zero-order valence-corrected chi connectivity index (χ0v) is 18.7. The van der Waals surface area contributed by atoms with E-state index in [-0.39, 0.29) is 30.1 Å². The summed E-state index contributed by atoms with van der Waals surface area (Å²) in [5.41, 5.74) is 2.08. The summed E-state index contributed by atoms with van der Waals surface area (Å²) in [7, 11) is 5.45. The van der Waals surface area contributed by atoms with Crippen LogP contribution in [0.2, 0.25) is 5.02 Å². The van der Waals surface area contributed by atoms with Crippen molar-refractivity contribution in [2.75, 3.05) is 27.7 Å². The first-order valence-electron chi connectivity index (χ1n) is 7.64. The lowest BCUT2D eigenvalue weighted by atomic mass is 10.1. The third kappa shape index (κ3) is 6.73. The maximum Gasteiger partial charge on any atom is 0.193 e. The topological polar surface area (TPSA) is 49.8 Å². The Kier molecular flexibility index (Phi) is 9.70. The van der Waals surface area contributed by atoms with Crippen LogP contribution in [0.1, 0.15) is 22.4 Å². The molecule has 0 aliphatic rings. The number of hydrogen-bond donors (Lipinski definition) is 1. The smallest absolute Gasteiger partial charge is 0.193 e. The Morgan fingerprint density at radius 3 is 2.80 bits per heavy atom. The fourth-order valence-corrected chi connectivity index (χ4v) is 3.21. The molecule has 0 saturated carbocycles. The highest BCUT2D eigenvalue weighted by Crippen LogP contribution is 2.20. The lowest BCUT2D eigenvalue weighted by molar-refractivity contribution is 0.106. The van der Waals surface area contributed by atoms with Crippen LogP contribution in [0.4, 0.5) is 0 Å². The van der Waals surface area contributed by atoms with Gasteiger partial charge in [-0.2, -0.15) is 0 Å². The number of nitrogens with one attached hydrogen (secondary N) is 1. The van der Waals surface area contributed by atoms with E-state index in [1.165, 1.54) is 0 Å². The van der Waals surface area contributed by atoms with Gasteiger partial charge in [-0.05, 0) is 24.6 Å². The first-order chi connectivity index (χ1) is 11.5. The Bertz CT molecular complexity index is 695. The predicted octanol–water partition coefficient (Wildman–Crippen LogP) is 4.12. The van der Waals surface area contributed by atoms with E-state index in [1.54, 1.807) is 25.5 Å². The monoisotopic (exact) mass is 494 g/mol. The summed E-state index contributed by atoms with van der Waals surface area (Å²) in [6.45, 7) is 3.32. The van der Waals surface area contributed by atoms with Crippen molar-refractivity contribution < 1.29 is 4.74 Å². The first-order valence-corrected chi connectivity index (χ1v) is 8.90. The molecule has 0 spiro atoms. The molecular formula is C17H24ClIN4OS. The maximum absolute atomic E-state index is 6.06. The maximum atomic E-state index is 6.06. The van der Waals surface area contributed by atoms with Crippen molar-refractivity contribution in [2.24, 2.45) is 4.99 Å². The van der Waals surface area contributed by atoms with E-state index < -0.39 is 0 Å². The van der Waals surface area contributed by atoms with Crippen LogP contribution < -0.4 is 5.32 Å². The third-order valence-corrected chi connectivity index (χ3v) is 4.65. The normalized spacial score (nSPS) is 12.4. The van der Waals surface area contributed by atoms with Gasteiger partial charge in [0.05, 0.1) is 23.4 Å². The Balaban J connectivity index is 0.00000312. The molecule has 1 unspecified atom stereocenters. The SMILES string of the molecule is CN=C(NCC(OC)c1cccc(Cl)c1)N(C)Cc1csc(C)n1.I. The fraction of sp³-hybridized carbons (Fsp3) is 0.412. The Morgan fingerprint density at radius 1 is 1.48 bits per heavy atom. The number of rotatable bonds is 6. The highest BCUT2D eigenvalue weighted by molar-refractivity contribution is 14.0. The number of aromatic nitrogens is 1. The average molecular weight is 495 g/mol. The van der Waals surface area contributed by atoms with Crippen molar-refractivity contribution in [1.29, 1.82) is 0 Å². The van der Waals surface area contributed by atoms with Gasteiger partial charge < -0.3 is 15.0 Å². The summed E-state index contributed by atoms with van der Waals surface area (Å²) < 4.78 is 5.58.